The second kappa shape index (κ2) is 8.99. The fourth-order valence-electron chi connectivity index (χ4n) is 1.51. The first kappa shape index (κ1) is 17.9. The molecular weight excluding hydrogens is 293 g/mol. The van der Waals surface area contributed by atoms with Crippen LogP contribution in [0, 0.1) is 5.82 Å². The Kier molecular flexibility index (Phi) is 7.31. The molecule has 1 amide bonds. The molecule has 2 atom stereocenters. The zero-order valence-electron chi connectivity index (χ0n) is 12.8. The Hall–Kier alpha value is -2.15. The summed E-state index contributed by atoms with van der Waals surface area (Å²) in [6.45, 7) is 3.65. The highest BCUT2D eigenvalue weighted by atomic mass is 19.1. The van der Waals surface area contributed by atoms with Gasteiger partial charge in [-0.15, -0.1) is 0 Å². The molecule has 1 aromatic carbocycles. The molecule has 22 heavy (non-hydrogen) atoms. The molecule has 0 radical (unpaired) electrons. The van der Waals surface area contributed by atoms with Crippen molar-refractivity contribution in [2.45, 2.75) is 26.1 Å². The van der Waals surface area contributed by atoms with Crippen molar-refractivity contribution in [3.63, 3.8) is 0 Å². The van der Waals surface area contributed by atoms with E-state index in [9.17, 15) is 14.0 Å². The van der Waals surface area contributed by atoms with Gasteiger partial charge in [0.1, 0.15) is 11.6 Å². The van der Waals surface area contributed by atoms with Crippen molar-refractivity contribution in [2.24, 2.45) is 0 Å². The van der Waals surface area contributed by atoms with Crippen molar-refractivity contribution >= 4 is 11.9 Å². The molecule has 0 spiro atoms. The molecule has 0 unspecified atom stereocenters. The number of hydrogen-bond donors (Lipinski definition) is 1. The average Bonchev–Trinajstić information content (AvgIpc) is 2.49. The zero-order valence-corrected chi connectivity index (χ0v) is 12.8. The Labute approximate surface area is 128 Å². The molecule has 0 aliphatic rings. The molecule has 0 fully saturated rings. The van der Waals surface area contributed by atoms with Crippen LogP contribution in [0.15, 0.2) is 24.3 Å². The topological polar surface area (TPSA) is 73.9 Å². The summed E-state index contributed by atoms with van der Waals surface area (Å²) in [6.07, 6.45) is -1.86. The lowest BCUT2D eigenvalue weighted by molar-refractivity contribution is -0.160. The van der Waals surface area contributed by atoms with Crippen LogP contribution in [0.1, 0.15) is 13.8 Å². The number of esters is 1. The monoisotopic (exact) mass is 313 g/mol. The summed E-state index contributed by atoms with van der Waals surface area (Å²) in [6, 6.07) is 5.25. The molecule has 122 valence electrons. The van der Waals surface area contributed by atoms with Gasteiger partial charge in [0.15, 0.2) is 12.2 Å². The van der Waals surface area contributed by atoms with E-state index in [1.54, 1.807) is 0 Å². The number of hydrogen-bond acceptors (Lipinski definition) is 5. The van der Waals surface area contributed by atoms with Crippen LogP contribution in [-0.4, -0.2) is 44.3 Å². The fraction of sp³-hybridized carbons (Fsp3) is 0.467. The van der Waals surface area contributed by atoms with Gasteiger partial charge in [0.2, 0.25) is 0 Å². The van der Waals surface area contributed by atoms with Crippen molar-refractivity contribution in [2.75, 3.05) is 20.3 Å². The number of halogens is 1. The molecular formula is C15H20FNO5. The van der Waals surface area contributed by atoms with Gasteiger partial charge in [-0.1, -0.05) is 0 Å². The smallest absolute Gasteiger partial charge is 0.347 e. The van der Waals surface area contributed by atoms with Gasteiger partial charge >= 0.3 is 5.97 Å². The first-order chi connectivity index (χ1) is 10.4. The van der Waals surface area contributed by atoms with Crippen LogP contribution >= 0.6 is 0 Å². The lowest BCUT2D eigenvalue weighted by Gasteiger charge is -2.17. The molecule has 7 heteroatoms. The summed E-state index contributed by atoms with van der Waals surface area (Å²) in [5, 5.41) is 2.56. The minimum atomic E-state index is -0.941. The van der Waals surface area contributed by atoms with E-state index in [1.807, 2.05) is 0 Å². The van der Waals surface area contributed by atoms with E-state index >= 15 is 0 Å². The van der Waals surface area contributed by atoms with Gasteiger partial charge in [-0.3, -0.25) is 4.79 Å². The minimum absolute atomic E-state index is 0.332. The standard InChI is InChI=1S/C15H20FNO5/c1-10(14(18)17-8-9-20-3)22-15(19)11(2)21-13-6-4-12(16)5-7-13/h4-7,10-11H,8-9H2,1-3H3,(H,17,18)/t10-,11+/m0/s1. The van der Waals surface area contributed by atoms with E-state index in [1.165, 1.54) is 45.2 Å². The predicted octanol–water partition coefficient (Wildman–Crippen LogP) is 1.29. The van der Waals surface area contributed by atoms with E-state index in [2.05, 4.69) is 5.32 Å². The number of benzene rings is 1. The number of carbonyl (C=O) groups excluding carboxylic acids is 2. The van der Waals surface area contributed by atoms with Crippen LogP contribution in [0.5, 0.6) is 5.75 Å². The Morgan fingerprint density at radius 3 is 2.41 bits per heavy atom. The zero-order chi connectivity index (χ0) is 16.5. The highest BCUT2D eigenvalue weighted by molar-refractivity contribution is 5.84. The first-order valence-electron chi connectivity index (χ1n) is 6.83. The van der Waals surface area contributed by atoms with Gasteiger partial charge in [-0.25, -0.2) is 9.18 Å². The Morgan fingerprint density at radius 1 is 1.18 bits per heavy atom. The van der Waals surface area contributed by atoms with Gasteiger partial charge in [0.05, 0.1) is 6.61 Å². The number of methoxy groups -OCH3 is 1. The maximum Gasteiger partial charge on any atom is 0.347 e. The second-order valence-corrected chi connectivity index (χ2v) is 4.58. The van der Waals surface area contributed by atoms with E-state index in [4.69, 9.17) is 14.2 Å². The summed E-state index contributed by atoms with van der Waals surface area (Å²) in [7, 11) is 1.52. The summed E-state index contributed by atoms with van der Waals surface area (Å²) in [4.78, 5) is 23.5. The molecule has 1 N–H and O–H groups in total. The number of carbonyl (C=O) groups is 2. The Morgan fingerprint density at radius 2 is 1.82 bits per heavy atom. The average molecular weight is 313 g/mol. The quantitative estimate of drug-likeness (QED) is 0.578. The molecule has 1 aromatic rings. The number of ether oxygens (including phenoxy) is 3. The second-order valence-electron chi connectivity index (χ2n) is 4.58. The lowest BCUT2D eigenvalue weighted by Crippen LogP contribution is -2.39. The summed E-state index contributed by atoms with van der Waals surface area (Å²) >= 11 is 0. The number of amides is 1. The summed E-state index contributed by atoms with van der Waals surface area (Å²) < 4.78 is 27.9. The van der Waals surface area contributed by atoms with Gasteiger partial charge < -0.3 is 19.5 Å². The van der Waals surface area contributed by atoms with Crippen molar-refractivity contribution in [1.82, 2.24) is 5.32 Å². The van der Waals surface area contributed by atoms with Crippen LogP contribution in [-0.2, 0) is 19.1 Å². The normalized spacial score (nSPS) is 13.1. The molecule has 6 nitrogen and oxygen atoms in total. The van der Waals surface area contributed by atoms with Crippen molar-refractivity contribution < 1.29 is 28.2 Å². The SMILES string of the molecule is COCCNC(=O)[C@H](C)OC(=O)[C@@H](C)Oc1ccc(F)cc1. The summed E-state index contributed by atoms with van der Waals surface area (Å²) in [5.41, 5.74) is 0. The third kappa shape index (κ3) is 6.09. The highest BCUT2D eigenvalue weighted by Gasteiger charge is 2.22. The van der Waals surface area contributed by atoms with Gasteiger partial charge in [0, 0.05) is 13.7 Å². The highest BCUT2D eigenvalue weighted by Crippen LogP contribution is 2.13. The predicted molar refractivity (Wildman–Crippen MR) is 76.9 cm³/mol. The first-order valence-corrected chi connectivity index (χ1v) is 6.83. The van der Waals surface area contributed by atoms with Crippen molar-refractivity contribution in [3.8, 4) is 5.75 Å². The lowest BCUT2D eigenvalue weighted by atomic mass is 10.3. The third-order valence-corrected chi connectivity index (χ3v) is 2.73. The van der Waals surface area contributed by atoms with E-state index in [-0.39, 0.29) is 0 Å². The Bertz CT molecular complexity index is 491. The molecule has 0 saturated heterocycles. The molecule has 0 aliphatic carbocycles. The van der Waals surface area contributed by atoms with Crippen LogP contribution in [0.2, 0.25) is 0 Å². The van der Waals surface area contributed by atoms with E-state index < -0.39 is 29.9 Å². The van der Waals surface area contributed by atoms with Crippen LogP contribution in [0.3, 0.4) is 0 Å². The third-order valence-electron chi connectivity index (χ3n) is 2.73. The molecule has 0 aromatic heterocycles. The van der Waals surface area contributed by atoms with Crippen LogP contribution in [0.25, 0.3) is 0 Å². The Balaban J connectivity index is 2.42. The number of nitrogens with one attached hydrogen (secondary N) is 1. The summed E-state index contributed by atoms with van der Waals surface area (Å²) in [5.74, 6) is -1.16. The maximum atomic E-state index is 12.8. The number of rotatable bonds is 8. The van der Waals surface area contributed by atoms with Gasteiger partial charge in [0.25, 0.3) is 5.91 Å². The van der Waals surface area contributed by atoms with E-state index in [0.717, 1.165) is 0 Å². The van der Waals surface area contributed by atoms with Gasteiger partial charge in [-0.05, 0) is 38.1 Å². The molecule has 0 saturated carbocycles. The fourth-order valence-corrected chi connectivity index (χ4v) is 1.51. The maximum absolute atomic E-state index is 12.8. The largest absolute Gasteiger partial charge is 0.479 e. The van der Waals surface area contributed by atoms with Crippen LogP contribution < -0.4 is 10.1 Å². The van der Waals surface area contributed by atoms with Crippen LogP contribution in [0.4, 0.5) is 4.39 Å². The van der Waals surface area contributed by atoms with E-state index in [0.29, 0.717) is 18.9 Å². The molecule has 0 bridgehead atoms. The molecule has 0 heterocycles. The minimum Gasteiger partial charge on any atom is -0.479 e. The van der Waals surface area contributed by atoms with Crippen molar-refractivity contribution in [1.29, 1.82) is 0 Å². The van der Waals surface area contributed by atoms with Gasteiger partial charge in [-0.2, -0.15) is 0 Å². The molecule has 1 rings (SSSR count). The molecule has 0 aliphatic heterocycles. The van der Waals surface area contributed by atoms with Crippen molar-refractivity contribution in [3.05, 3.63) is 30.1 Å².